The van der Waals surface area contributed by atoms with Crippen LogP contribution in [0.4, 0.5) is 5.69 Å². The number of ether oxygens (including phenoxy) is 1. The largest absolute Gasteiger partial charge is 0.497 e. The number of rotatable bonds is 4. The Morgan fingerprint density at radius 2 is 1.89 bits per heavy atom. The number of benzene rings is 1. The number of carbonyl (C=O) groups excluding carboxylic acids is 2. The number of nitrogens with zero attached hydrogens (tertiary/aromatic N) is 1. The molecule has 1 fully saturated rings. The maximum absolute atomic E-state index is 12.1. The molecule has 0 aliphatic carbocycles. The molecule has 96 valence electrons. The van der Waals surface area contributed by atoms with Gasteiger partial charge < -0.3 is 14.4 Å². The van der Waals surface area contributed by atoms with Crippen LogP contribution in [0.15, 0.2) is 24.3 Å². The van der Waals surface area contributed by atoms with Crippen LogP contribution in [-0.4, -0.2) is 25.3 Å². The summed E-state index contributed by atoms with van der Waals surface area (Å²) < 4.78 is 5.07. The Hall–Kier alpha value is -1.84. The van der Waals surface area contributed by atoms with Crippen LogP contribution in [0.25, 0.3) is 0 Å². The quantitative estimate of drug-likeness (QED) is 0.603. The van der Waals surface area contributed by atoms with Gasteiger partial charge in [-0.1, -0.05) is 13.8 Å². The van der Waals surface area contributed by atoms with E-state index in [1.165, 1.54) is 0 Å². The summed E-state index contributed by atoms with van der Waals surface area (Å²) in [5.74, 6) is 0.744. The highest BCUT2D eigenvalue weighted by atomic mass is 16.5. The van der Waals surface area contributed by atoms with Crippen molar-refractivity contribution in [2.24, 2.45) is 11.8 Å². The maximum atomic E-state index is 12.1. The highest BCUT2D eigenvalue weighted by Crippen LogP contribution is 2.36. The first-order valence-electron chi connectivity index (χ1n) is 6.02. The summed E-state index contributed by atoms with van der Waals surface area (Å²) in [6, 6.07) is 6.82. The first-order chi connectivity index (χ1) is 8.60. The Morgan fingerprint density at radius 1 is 1.28 bits per heavy atom. The highest BCUT2D eigenvalue weighted by molar-refractivity contribution is 6.08. The zero-order valence-electron chi connectivity index (χ0n) is 10.8. The fraction of sp³-hybridized carbons (Fsp3) is 0.429. The molecule has 1 aromatic rings. The normalized spacial score (nSPS) is 22.9. The van der Waals surface area contributed by atoms with Gasteiger partial charge in [0.25, 0.3) is 0 Å². The van der Waals surface area contributed by atoms with Gasteiger partial charge in [-0.05, 0) is 30.2 Å². The molecule has 0 bridgehead atoms. The molecule has 2 atom stereocenters. The molecular formula is C14H17NO3. The van der Waals surface area contributed by atoms with E-state index in [0.29, 0.717) is 0 Å². The molecule has 0 unspecified atom stereocenters. The topological polar surface area (TPSA) is 46.6 Å². The standard InChI is InChI=1S/C14H17NO3/c1-9(2)13-12(8-16)15(14(13)17)10-4-6-11(18-3)7-5-10/h4-9,12-13H,1-3H3/t12-,13-/m0/s1. The van der Waals surface area contributed by atoms with Crippen molar-refractivity contribution in [3.8, 4) is 5.75 Å². The second kappa shape index (κ2) is 4.80. The summed E-state index contributed by atoms with van der Waals surface area (Å²) in [6.45, 7) is 3.93. The van der Waals surface area contributed by atoms with E-state index in [-0.39, 0.29) is 23.8 Å². The second-order valence-corrected chi connectivity index (χ2v) is 4.80. The van der Waals surface area contributed by atoms with Gasteiger partial charge in [-0.25, -0.2) is 0 Å². The molecule has 0 saturated carbocycles. The minimum absolute atomic E-state index is 0.0206. The van der Waals surface area contributed by atoms with Crippen molar-refractivity contribution in [1.82, 2.24) is 0 Å². The molecule has 0 radical (unpaired) electrons. The third kappa shape index (κ3) is 1.88. The average molecular weight is 247 g/mol. The Labute approximate surface area is 107 Å². The van der Waals surface area contributed by atoms with E-state index >= 15 is 0 Å². The van der Waals surface area contributed by atoms with Crippen molar-refractivity contribution in [2.75, 3.05) is 12.0 Å². The van der Waals surface area contributed by atoms with Gasteiger partial charge in [0.05, 0.1) is 13.0 Å². The predicted molar refractivity (Wildman–Crippen MR) is 68.7 cm³/mol. The van der Waals surface area contributed by atoms with Crippen LogP contribution in [0.1, 0.15) is 13.8 Å². The molecule has 1 aliphatic heterocycles. The summed E-state index contributed by atoms with van der Waals surface area (Å²) in [6.07, 6.45) is 0.857. The highest BCUT2D eigenvalue weighted by Gasteiger charge is 2.49. The number of amides is 1. The molecule has 1 aromatic carbocycles. The minimum atomic E-state index is -0.342. The van der Waals surface area contributed by atoms with Crippen LogP contribution in [0.2, 0.25) is 0 Å². The number of methoxy groups -OCH3 is 1. The van der Waals surface area contributed by atoms with Crippen molar-refractivity contribution in [1.29, 1.82) is 0 Å². The number of anilines is 1. The Balaban J connectivity index is 2.23. The average Bonchev–Trinajstić information content (AvgIpc) is 2.36. The van der Waals surface area contributed by atoms with Crippen LogP contribution in [-0.2, 0) is 9.59 Å². The van der Waals surface area contributed by atoms with Crippen LogP contribution in [0.5, 0.6) is 5.75 Å². The Bertz CT molecular complexity index is 453. The van der Waals surface area contributed by atoms with Crippen LogP contribution >= 0.6 is 0 Å². The van der Waals surface area contributed by atoms with Crippen molar-refractivity contribution in [2.45, 2.75) is 19.9 Å². The second-order valence-electron chi connectivity index (χ2n) is 4.80. The monoisotopic (exact) mass is 247 g/mol. The van der Waals surface area contributed by atoms with E-state index in [0.717, 1.165) is 17.7 Å². The number of β-lactam (4-membered cyclic amide) rings is 1. The lowest BCUT2D eigenvalue weighted by molar-refractivity contribution is -0.135. The van der Waals surface area contributed by atoms with Gasteiger partial charge in [-0.2, -0.15) is 0 Å². The molecule has 4 nitrogen and oxygen atoms in total. The van der Waals surface area contributed by atoms with Gasteiger partial charge in [-0.15, -0.1) is 0 Å². The lowest BCUT2D eigenvalue weighted by Crippen LogP contribution is -2.63. The van der Waals surface area contributed by atoms with Gasteiger partial charge in [0.15, 0.2) is 0 Å². The maximum Gasteiger partial charge on any atom is 0.233 e. The number of hydrogen-bond donors (Lipinski definition) is 0. The van der Waals surface area contributed by atoms with E-state index in [9.17, 15) is 9.59 Å². The van der Waals surface area contributed by atoms with E-state index < -0.39 is 0 Å². The van der Waals surface area contributed by atoms with Crippen molar-refractivity contribution >= 4 is 17.9 Å². The third-order valence-electron chi connectivity index (χ3n) is 3.40. The third-order valence-corrected chi connectivity index (χ3v) is 3.40. The predicted octanol–water partition coefficient (Wildman–Crippen LogP) is 1.88. The van der Waals surface area contributed by atoms with Gasteiger partial charge in [0.2, 0.25) is 5.91 Å². The SMILES string of the molecule is COc1ccc(N2C(=O)[C@@H](C(C)C)[C@@H]2C=O)cc1. The lowest BCUT2D eigenvalue weighted by atomic mass is 9.79. The van der Waals surface area contributed by atoms with E-state index in [1.807, 2.05) is 13.8 Å². The number of hydrogen-bond acceptors (Lipinski definition) is 3. The Kier molecular flexibility index (Phi) is 3.36. The first kappa shape index (κ1) is 12.6. The fourth-order valence-corrected chi connectivity index (χ4v) is 2.40. The van der Waals surface area contributed by atoms with Gasteiger partial charge in [0, 0.05) is 5.69 Å². The van der Waals surface area contributed by atoms with E-state index in [4.69, 9.17) is 4.74 Å². The van der Waals surface area contributed by atoms with Crippen molar-refractivity contribution in [3.63, 3.8) is 0 Å². The molecule has 1 saturated heterocycles. The molecule has 18 heavy (non-hydrogen) atoms. The van der Waals surface area contributed by atoms with E-state index in [2.05, 4.69) is 0 Å². The van der Waals surface area contributed by atoms with Crippen molar-refractivity contribution < 1.29 is 14.3 Å². The van der Waals surface area contributed by atoms with Gasteiger partial charge in [0.1, 0.15) is 18.1 Å². The Morgan fingerprint density at radius 3 is 2.33 bits per heavy atom. The molecule has 2 rings (SSSR count). The first-order valence-corrected chi connectivity index (χ1v) is 6.02. The van der Waals surface area contributed by atoms with Crippen LogP contribution < -0.4 is 9.64 Å². The van der Waals surface area contributed by atoms with Gasteiger partial charge in [-0.3, -0.25) is 4.79 Å². The molecule has 1 heterocycles. The summed E-state index contributed by atoms with van der Waals surface area (Å²) in [5, 5.41) is 0. The molecule has 4 heteroatoms. The number of aldehydes is 1. The van der Waals surface area contributed by atoms with Crippen molar-refractivity contribution in [3.05, 3.63) is 24.3 Å². The fourth-order valence-electron chi connectivity index (χ4n) is 2.40. The molecule has 1 amide bonds. The summed E-state index contributed by atoms with van der Waals surface area (Å²) in [7, 11) is 1.59. The smallest absolute Gasteiger partial charge is 0.233 e. The zero-order chi connectivity index (χ0) is 13.3. The zero-order valence-corrected chi connectivity index (χ0v) is 10.8. The number of carbonyl (C=O) groups is 2. The summed E-state index contributed by atoms with van der Waals surface area (Å²) >= 11 is 0. The molecule has 1 aliphatic rings. The lowest BCUT2D eigenvalue weighted by Gasteiger charge is -2.46. The van der Waals surface area contributed by atoms with Crippen LogP contribution in [0.3, 0.4) is 0 Å². The molecule has 0 aromatic heterocycles. The minimum Gasteiger partial charge on any atom is -0.497 e. The molecule has 0 N–H and O–H groups in total. The summed E-state index contributed by atoms with van der Waals surface area (Å²) in [4.78, 5) is 24.8. The molecule has 0 spiro atoms. The van der Waals surface area contributed by atoms with Gasteiger partial charge >= 0.3 is 0 Å². The van der Waals surface area contributed by atoms with Crippen LogP contribution in [0, 0.1) is 11.8 Å². The summed E-state index contributed by atoms with van der Waals surface area (Å²) in [5.41, 5.74) is 0.745. The molecular weight excluding hydrogens is 230 g/mol. The van der Waals surface area contributed by atoms with E-state index in [1.54, 1.807) is 36.3 Å².